The van der Waals surface area contributed by atoms with Crippen LogP contribution in [0.4, 0.5) is 29.6 Å². The largest absolute Gasteiger partial charge is 0.450 e. The molecule has 7 N–H and O–H groups in total. The number of ether oxygens (including phenoxy) is 1. The van der Waals surface area contributed by atoms with Gasteiger partial charge in [-0.1, -0.05) is 6.07 Å². The number of aromatic nitrogens is 2. The fourth-order valence-electron chi connectivity index (χ4n) is 4.73. The lowest BCUT2D eigenvalue weighted by molar-refractivity contribution is -0.138. The summed E-state index contributed by atoms with van der Waals surface area (Å²) in [7, 11) is 0. The van der Waals surface area contributed by atoms with Crippen LogP contribution in [0.2, 0.25) is 0 Å². The molecular weight excluding hydrogens is 705 g/mol. The maximum Gasteiger partial charge on any atom is 0.416 e. The molecule has 0 aliphatic heterocycles. The first kappa shape index (κ1) is 41.3. The molecule has 0 bridgehead atoms. The molecule has 6 amide bonds. The molecular formula is C34H39F3N8O8. The number of hydroxylamine groups is 1. The van der Waals surface area contributed by atoms with E-state index in [0.717, 1.165) is 18.2 Å². The molecule has 3 aromatic rings. The smallest absolute Gasteiger partial charge is 0.416 e. The Hall–Kier alpha value is -6.11. The molecule has 3 rings (SSSR count). The molecule has 0 saturated heterocycles. The van der Waals surface area contributed by atoms with Gasteiger partial charge in [0, 0.05) is 42.7 Å². The summed E-state index contributed by atoms with van der Waals surface area (Å²) in [6.07, 6.45) is -5.03. The second kappa shape index (κ2) is 18.9. The number of benzene rings is 2. The fraction of sp³-hybridized carbons (Fsp3) is 0.353. The number of hydrogen-bond acceptors (Lipinski definition) is 10. The van der Waals surface area contributed by atoms with Crippen molar-refractivity contribution in [3.05, 3.63) is 81.7 Å². The zero-order chi connectivity index (χ0) is 39.3. The lowest BCUT2D eigenvalue weighted by atomic mass is 10.0. The topological polar surface area (TPSA) is 230 Å². The molecule has 19 heteroatoms. The van der Waals surface area contributed by atoms with E-state index in [4.69, 9.17) is 5.21 Å². The monoisotopic (exact) mass is 744 g/mol. The minimum atomic E-state index is -4.87. The summed E-state index contributed by atoms with van der Waals surface area (Å²) in [5, 5.41) is 21.0. The van der Waals surface area contributed by atoms with E-state index in [1.807, 2.05) is 0 Å². The molecule has 0 unspecified atom stereocenters. The van der Waals surface area contributed by atoms with Crippen molar-refractivity contribution in [1.82, 2.24) is 31.4 Å². The quantitative estimate of drug-likeness (QED) is 0.0669. The van der Waals surface area contributed by atoms with Crippen molar-refractivity contribution in [2.45, 2.75) is 65.7 Å². The molecule has 0 atom stereocenters. The summed E-state index contributed by atoms with van der Waals surface area (Å²) in [4.78, 5) is 83.6. The standard InChI is InChI=1S/C34H39F3N8O8/c1-5-53-33(51)39-17-22-10-9-21(15-25(22)34(35,36)37)30(48)43-26-16-27(42-19(4)41-26)44-32(50)24-14-20(29(47)40-18(2)3)11-12-23(24)31(49)38-13-7-6-8-28(46)45-52/h9-12,14-16,18,52H,5-8,13,17H2,1-4H3,(H,38,49)(H,39,51)(H,40,47)(H,45,46)(H2,41,42,43,44,48,50). The number of nitrogens with zero attached hydrogens (tertiary/aromatic N) is 2. The van der Waals surface area contributed by atoms with E-state index < -0.39 is 53.9 Å². The molecule has 2 aromatic carbocycles. The Morgan fingerprint density at radius 1 is 0.811 bits per heavy atom. The zero-order valence-corrected chi connectivity index (χ0v) is 29.2. The minimum Gasteiger partial charge on any atom is -0.450 e. The number of halogens is 3. The SMILES string of the molecule is CCOC(=O)NCc1ccc(C(=O)Nc2cc(NC(=O)c3cc(C(=O)NC(C)C)ccc3C(=O)NCCCCC(=O)NO)nc(C)n2)cc1C(F)(F)F. The highest BCUT2D eigenvalue weighted by Crippen LogP contribution is 2.33. The van der Waals surface area contributed by atoms with Gasteiger partial charge < -0.3 is 31.3 Å². The third kappa shape index (κ3) is 12.6. The Morgan fingerprint density at radius 2 is 1.45 bits per heavy atom. The number of alkyl carbamates (subject to hydrolysis) is 1. The van der Waals surface area contributed by atoms with E-state index in [-0.39, 0.29) is 70.9 Å². The predicted octanol–water partition coefficient (Wildman–Crippen LogP) is 4.10. The summed E-state index contributed by atoms with van der Waals surface area (Å²) in [6.45, 7) is 6.07. The number of carbonyl (C=O) groups excluding carboxylic acids is 6. The van der Waals surface area contributed by atoms with Crippen LogP contribution in [0.15, 0.2) is 42.5 Å². The summed E-state index contributed by atoms with van der Waals surface area (Å²) in [5.74, 6) is -3.89. The van der Waals surface area contributed by atoms with Crippen molar-refractivity contribution < 1.29 is 51.9 Å². The predicted molar refractivity (Wildman–Crippen MR) is 183 cm³/mol. The zero-order valence-electron chi connectivity index (χ0n) is 29.2. The van der Waals surface area contributed by atoms with E-state index in [9.17, 15) is 41.9 Å². The third-order valence-corrected chi connectivity index (χ3v) is 7.13. The summed E-state index contributed by atoms with van der Waals surface area (Å²) >= 11 is 0. The number of aryl methyl sites for hydroxylation is 1. The number of alkyl halides is 3. The Morgan fingerprint density at radius 3 is 2.08 bits per heavy atom. The van der Waals surface area contributed by atoms with Crippen LogP contribution in [-0.4, -0.2) is 70.0 Å². The van der Waals surface area contributed by atoms with Gasteiger partial charge in [0.15, 0.2) is 0 Å². The number of nitrogens with one attached hydrogen (secondary N) is 6. The van der Waals surface area contributed by atoms with Crippen molar-refractivity contribution in [2.24, 2.45) is 0 Å². The summed E-state index contributed by atoms with van der Waals surface area (Å²) in [5.41, 5.74) is -0.580. The van der Waals surface area contributed by atoms with Gasteiger partial charge in [-0.2, -0.15) is 13.2 Å². The van der Waals surface area contributed by atoms with Gasteiger partial charge in [-0.3, -0.25) is 29.2 Å². The lowest BCUT2D eigenvalue weighted by Crippen LogP contribution is -2.31. The molecule has 53 heavy (non-hydrogen) atoms. The highest BCUT2D eigenvalue weighted by atomic mass is 19.4. The van der Waals surface area contributed by atoms with Gasteiger partial charge in [-0.15, -0.1) is 0 Å². The first-order valence-corrected chi connectivity index (χ1v) is 16.3. The van der Waals surface area contributed by atoms with Gasteiger partial charge in [-0.05, 0) is 76.4 Å². The van der Waals surface area contributed by atoms with Crippen LogP contribution in [0.3, 0.4) is 0 Å². The molecule has 0 aliphatic carbocycles. The number of amides is 6. The van der Waals surface area contributed by atoms with Crippen molar-refractivity contribution in [3.63, 3.8) is 0 Å². The van der Waals surface area contributed by atoms with Crippen LogP contribution < -0.4 is 32.1 Å². The number of unbranched alkanes of at least 4 members (excludes halogenated alkanes) is 1. The van der Waals surface area contributed by atoms with Crippen LogP contribution >= 0.6 is 0 Å². The number of hydrogen-bond donors (Lipinski definition) is 7. The summed E-state index contributed by atoms with van der Waals surface area (Å²) < 4.78 is 46.3. The minimum absolute atomic E-state index is 0.0192. The first-order valence-electron chi connectivity index (χ1n) is 16.3. The molecule has 1 heterocycles. The van der Waals surface area contributed by atoms with Crippen LogP contribution in [0.5, 0.6) is 0 Å². The highest BCUT2D eigenvalue weighted by Gasteiger charge is 2.34. The fourth-order valence-corrected chi connectivity index (χ4v) is 4.73. The summed E-state index contributed by atoms with van der Waals surface area (Å²) in [6, 6.07) is 7.57. The molecule has 0 radical (unpaired) electrons. The van der Waals surface area contributed by atoms with E-state index in [1.54, 1.807) is 13.8 Å². The van der Waals surface area contributed by atoms with Gasteiger partial charge in [0.2, 0.25) is 5.91 Å². The van der Waals surface area contributed by atoms with Gasteiger partial charge in [-0.25, -0.2) is 20.2 Å². The highest BCUT2D eigenvalue weighted by molar-refractivity contribution is 6.13. The van der Waals surface area contributed by atoms with E-state index in [2.05, 4.69) is 41.3 Å². The van der Waals surface area contributed by atoms with Gasteiger partial charge in [0.25, 0.3) is 23.6 Å². The average Bonchev–Trinajstić information content (AvgIpc) is 3.09. The Labute approximate surface area is 301 Å². The second-order valence-corrected chi connectivity index (χ2v) is 11.7. The van der Waals surface area contributed by atoms with Crippen LogP contribution in [-0.2, 0) is 22.3 Å². The van der Waals surface area contributed by atoms with E-state index in [1.165, 1.54) is 37.5 Å². The van der Waals surface area contributed by atoms with Gasteiger partial charge >= 0.3 is 12.3 Å². The van der Waals surface area contributed by atoms with Gasteiger partial charge in [0.1, 0.15) is 17.5 Å². The molecule has 0 saturated carbocycles. The van der Waals surface area contributed by atoms with Crippen molar-refractivity contribution in [3.8, 4) is 0 Å². The molecule has 16 nitrogen and oxygen atoms in total. The lowest BCUT2D eigenvalue weighted by Gasteiger charge is -2.15. The third-order valence-electron chi connectivity index (χ3n) is 7.13. The molecule has 0 aliphatic rings. The normalized spacial score (nSPS) is 11.0. The number of carbonyl (C=O) groups is 6. The van der Waals surface area contributed by atoms with Crippen LogP contribution in [0.25, 0.3) is 0 Å². The van der Waals surface area contributed by atoms with Gasteiger partial charge in [0.05, 0.1) is 23.3 Å². The maximum atomic E-state index is 13.9. The van der Waals surface area contributed by atoms with Crippen molar-refractivity contribution >= 4 is 47.3 Å². The van der Waals surface area contributed by atoms with E-state index in [0.29, 0.717) is 18.9 Å². The Bertz CT molecular complexity index is 1850. The maximum absolute atomic E-state index is 13.9. The van der Waals surface area contributed by atoms with E-state index >= 15 is 0 Å². The van der Waals surface area contributed by atoms with Crippen LogP contribution in [0.1, 0.15) is 98.4 Å². The number of anilines is 2. The first-order chi connectivity index (χ1) is 25.0. The molecule has 0 fully saturated rings. The Balaban J connectivity index is 1.84. The molecule has 284 valence electrons. The Kier molecular flexibility index (Phi) is 14.8. The average molecular weight is 745 g/mol. The molecule has 1 aromatic heterocycles. The number of rotatable bonds is 15. The second-order valence-electron chi connectivity index (χ2n) is 11.7. The van der Waals surface area contributed by atoms with Crippen LogP contribution in [0, 0.1) is 6.92 Å². The van der Waals surface area contributed by atoms with Crippen molar-refractivity contribution in [2.75, 3.05) is 23.8 Å². The van der Waals surface area contributed by atoms with Crippen molar-refractivity contribution in [1.29, 1.82) is 0 Å². The molecule has 0 spiro atoms.